The Kier molecular flexibility index (Phi) is 3.49. The smallest absolute Gasteiger partial charge is 0.268 e. The summed E-state index contributed by atoms with van der Waals surface area (Å²) in [5.74, 6) is 0. The first-order chi connectivity index (χ1) is 9.16. The molecule has 2 rings (SSSR count). The van der Waals surface area contributed by atoms with E-state index in [1.807, 2.05) is 0 Å². The first-order valence-electron chi connectivity index (χ1n) is 5.43. The van der Waals surface area contributed by atoms with Crippen LogP contribution in [-0.2, 0) is 18.9 Å². The maximum Gasteiger partial charge on any atom is 0.435 e. The van der Waals surface area contributed by atoms with E-state index >= 15 is 0 Å². The van der Waals surface area contributed by atoms with Gasteiger partial charge >= 0.3 is 12.4 Å². The van der Waals surface area contributed by atoms with Crippen molar-refractivity contribution in [3.05, 3.63) is 53.3 Å². The standard InChI is InChI=1S/C12H8F6N2/c13-11(14,15)9-3-1-8(2-4-9)7-20-6-5-10(19-20)12(16,17)18/h1-6H,7H2. The summed E-state index contributed by atoms with van der Waals surface area (Å²) in [6.45, 7) is -0.0335. The van der Waals surface area contributed by atoms with Gasteiger partial charge in [0.15, 0.2) is 5.69 Å². The van der Waals surface area contributed by atoms with E-state index in [1.54, 1.807) is 0 Å². The number of hydrogen-bond donors (Lipinski definition) is 0. The van der Waals surface area contributed by atoms with Crippen molar-refractivity contribution < 1.29 is 26.3 Å². The van der Waals surface area contributed by atoms with E-state index in [1.165, 1.54) is 12.1 Å². The molecule has 0 N–H and O–H groups in total. The fourth-order valence-electron chi connectivity index (χ4n) is 1.59. The summed E-state index contributed by atoms with van der Waals surface area (Å²) in [4.78, 5) is 0. The molecule has 8 heteroatoms. The first-order valence-corrected chi connectivity index (χ1v) is 5.43. The average Bonchev–Trinajstić information content (AvgIpc) is 2.77. The van der Waals surface area contributed by atoms with Gasteiger partial charge in [0.25, 0.3) is 0 Å². The van der Waals surface area contributed by atoms with E-state index in [0.29, 0.717) is 5.56 Å². The van der Waals surface area contributed by atoms with Crippen molar-refractivity contribution in [2.45, 2.75) is 18.9 Å². The van der Waals surface area contributed by atoms with Crippen molar-refractivity contribution in [3.63, 3.8) is 0 Å². The molecule has 0 aliphatic heterocycles. The van der Waals surface area contributed by atoms with Crippen molar-refractivity contribution in [1.82, 2.24) is 9.78 Å². The minimum atomic E-state index is -4.54. The molecule has 0 amide bonds. The quantitative estimate of drug-likeness (QED) is 0.766. The van der Waals surface area contributed by atoms with Crippen LogP contribution in [0.3, 0.4) is 0 Å². The van der Waals surface area contributed by atoms with E-state index < -0.39 is 23.6 Å². The monoisotopic (exact) mass is 294 g/mol. The number of hydrogen-bond acceptors (Lipinski definition) is 1. The molecular weight excluding hydrogens is 286 g/mol. The Labute approximate surface area is 109 Å². The maximum atomic E-state index is 12.3. The summed E-state index contributed by atoms with van der Waals surface area (Å²) < 4.78 is 75.0. The van der Waals surface area contributed by atoms with Gasteiger partial charge in [-0.25, -0.2) is 0 Å². The van der Waals surface area contributed by atoms with Crippen LogP contribution in [0, 0.1) is 0 Å². The Morgan fingerprint density at radius 2 is 1.45 bits per heavy atom. The summed E-state index contributed by atoms with van der Waals surface area (Å²) in [7, 11) is 0. The second-order valence-electron chi connectivity index (χ2n) is 4.09. The lowest BCUT2D eigenvalue weighted by Gasteiger charge is -2.08. The number of alkyl halides is 6. The molecule has 2 aromatic rings. The van der Waals surface area contributed by atoms with Gasteiger partial charge in [0.05, 0.1) is 12.1 Å². The lowest BCUT2D eigenvalue weighted by atomic mass is 10.1. The van der Waals surface area contributed by atoms with Crippen LogP contribution in [-0.4, -0.2) is 9.78 Å². The van der Waals surface area contributed by atoms with Crippen LogP contribution in [0.15, 0.2) is 36.5 Å². The van der Waals surface area contributed by atoms with Gasteiger partial charge in [-0.05, 0) is 23.8 Å². The molecule has 0 atom stereocenters. The van der Waals surface area contributed by atoms with Gasteiger partial charge in [0.2, 0.25) is 0 Å². The maximum absolute atomic E-state index is 12.3. The topological polar surface area (TPSA) is 17.8 Å². The number of rotatable bonds is 2. The lowest BCUT2D eigenvalue weighted by molar-refractivity contribution is -0.141. The van der Waals surface area contributed by atoms with Gasteiger partial charge in [-0.1, -0.05) is 12.1 Å². The molecule has 1 aromatic heterocycles. The van der Waals surface area contributed by atoms with Crippen molar-refractivity contribution >= 4 is 0 Å². The highest BCUT2D eigenvalue weighted by atomic mass is 19.4. The van der Waals surface area contributed by atoms with Gasteiger partial charge in [-0.3, -0.25) is 4.68 Å². The molecule has 1 heterocycles. The van der Waals surface area contributed by atoms with E-state index in [2.05, 4.69) is 5.10 Å². The van der Waals surface area contributed by atoms with Crippen LogP contribution in [0.2, 0.25) is 0 Å². The van der Waals surface area contributed by atoms with Crippen LogP contribution >= 0.6 is 0 Å². The molecule has 0 radical (unpaired) electrons. The highest BCUT2D eigenvalue weighted by Gasteiger charge is 2.33. The van der Waals surface area contributed by atoms with Crippen LogP contribution in [0.1, 0.15) is 16.8 Å². The zero-order valence-electron chi connectivity index (χ0n) is 9.83. The van der Waals surface area contributed by atoms with E-state index in [9.17, 15) is 26.3 Å². The molecule has 0 bridgehead atoms. The van der Waals surface area contributed by atoms with E-state index in [4.69, 9.17) is 0 Å². The molecule has 0 aliphatic carbocycles. The first kappa shape index (κ1) is 14.4. The molecule has 1 aromatic carbocycles. The SMILES string of the molecule is FC(F)(F)c1ccc(Cn2ccc(C(F)(F)F)n2)cc1. The minimum Gasteiger partial charge on any atom is -0.268 e. The largest absolute Gasteiger partial charge is 0.435 e. The molecule has 0 fully saturated rings. The van der Waals surface area contributed by atoms with Crippen molar-refractivity contribution in [3.8, 4) is 0 Å². The van der Waals surface area contributed by atoms with Crippen LogP contribution in [0.25, 0.3) is 0 Å². The zero-order valence-corrected chi connectivity index (χ0v) is 9.83. The van der Waals surface area contributed by atoms with Crippen LogP contribution in [0.5, 0.6) is 0 Å². The summed E-state index contributed by atoms with van der Waals surface area (Å²) in [6, 6.07) is 4.98. The number of benzene rings is 1. The van der Waals surface area contributed by atoms with Crippen molar-refractivity contribution in [2.24, 2.45) is 0 Å². The molecule has 0 unspecified atom stereocenters. The predicted molar refractivity (Wildman–Crippen MR) is 57.8 cm³/mol. The number of aromatic nitrogens is 2. The molecule has 0 spiro atoms. The Bertz CT molecular complexity index is 579. The van der Waals surface area contributed by atoms with Gasteiger partial charge in [-0.2, -0.15) is 31.4 Å². The fraction of sp³-hybridized carbons (Fsp3) is 0.250. The fourth-order valence-corrected chi connectivity index (χ4v) is 1.59. The van der Waals surface area contributed by atoms with E-state index in [-0.39, 0.29) is 6.54 Å². The molecule has 108 valence electrons. The summed E-state index contributed by atoms with van der Waals surface area (Å²) >= 11 is 0. The summed E-state index contributed by atoms with van der Waals surface area (Å²) in [5, 5.41) is 3.32. The third-order valence-electron chi connectivity index (χ3n) is 2.56. The molecule has 2 nitrogen and oxygen atoms in total. The summed E-state index contributed by atoms with van der Waals surface area (Å²) in [5.41, 5.74) is -1.42. The minimum absolute atomic E-state index is 0.0335. The second-order valence-corrected chi connectivity index (χ2v) is 4.09. The molecule has 20 heavy (non-hydrogen) atoms. The third kappa shape index (κ3) is 3.31. The van der Waals surface area contributed by atoms with Gasteiger partial charge < -0.3 is 0 Å². The van der Waals surface area contributed by atoms with E-state index in [0.717, 1.165) is 29.1 Å². The molecule has 0 aliphatic rings. The Morgan fingerprint density at radius 1 is 0.850 bits per heavy atom. The third-order valence-corrected chi connectivity index (χ3v) is 2.56. The van der Waals surface area contributed by atoms with Gasteiger partial charge in [-0.15, -0.1) is 0 Å². The number of nitrogens with zero attached hydrogens (tertiary/aromatic N) is 2. The highest BCUT2D eigenvalue weighted by molar-refractivity contribution is 5.24. The Balaban J connectivity index is 2.13. The molecule has 0 saturated carbocycles. The summed E-state index contributed by atoms with van der Waals surface area (Å²) in [6.07, 6.45) is -7.85. The molecule has 0 saturated heterocycles. The highest BCUT2D eigenvalue weighted by Crippen LogP contribution is 2.29. The Morgan fingerprint density at radius 3 is 1.90 bits per heavy atom. The van der Waals surface area contributed by atoms with Crippen molar-refractivity contribution in [2.75, 3.05) is 0 Å². The number of halogens is 6. The second kappa shape index (κ2) is 4.84. The van der Waals surface area contributed by atoms with Crippen molar-refractivity contribution in [1.29, 1.82) is 0 Å². The predicted octanol–water partition coefficient (Wildman–Crippen LogP) is 3.97. The zero-order chi connectivity index (χ0) is 15.0. The van der Waals surface area contributed by atoms with Gasteiger partial charge in [0, 0.05) is 6.20 Å². The Hall–Kier alpha value is -1.99. The van der Waals surface area contributed by atoms with Crippen LogP contribution in [0.4, 0.5) is 26.3 Å². The van der Waals surface area contributed by atoms with Crippen LogP contribution < -0.4 is 0 Å². The normalized spacial score (nSPS) is 12.7. The lowest BCUT2D eigenvalue weighted by Crippen LogP contribution is -2.09. The molecular formula is C12H8F6N2. The van der Waals surface area contributed by atoms with Gasteiger partial charge in [0.1, 0.15) is 0 Å². The average molecular weight is 294 g/mol.